The van der Waals surface area contributed by atoms with Crippen molar-refractivity contribution >= 4 is 26.8 Å². The minimum absolute atomic E-state index is 0.283. The molecule has 0 amide bonds. The number of halogens is 1. The summed E-state index contributed by atoms with van der Waals surface area (Å²) in [5, 5.41) is 4.77. The predicted octanol–water partition coefficient (Wildman–Crippen LogP) is 3.93. The van der Waals surface area contributed by atoms with Crippen molar-refractivity contribution in [2.24, 2.45) is 0 Å². The van der Waals surface area contributed by atoms with Gasteiger partial charge >= 0.3 is 0 Å². The highest BCUT2D eigenvalue weighted by molar-refractivity contribution is 9.10. The highest BCUT2D eigenvalue weighted by atomic mass is 79.9. The van der Waals surface area contributed by atoms with Crippen molar-refractivity contribution in [1.82, 2.24) is 15.2 Å². The fourth-order valence-electron chi connectivity index (χ4n) is 3.52. The zero-order valence-corrected chi connectivity index (χ0v) is 14.5. The average Bonchev–Trinajstić information content (AvgIpc) is 3.00. The molecule has 1 atom stereocenters. The molecule has 1 aromatic heterocycles. The quantitative estimate of drug-likeness (QED) is 0.732. The molecule has 0 aliphatic carbocycles. The molecular formula is C19H20BrN3. The number of para-hydroxylation sites is 1. The van der Waals surface area contributed by atoms with Gasteiger partial charge in [-0.25, -0.2) is 0 Å². The number of aromatic amines is 1. The van der Waals surface area contributed by atoms with Crippen molar-refractivity contribution in [3.63, 3.8) is 0 Å². The number of nitrogens with zero attached hydrogens (tertiary/aromatic N) is 1. The minimum Gasteiger partial charge on any atom is -0.361 e. The Balaban J connectivity index is 1.84. The maximum absolute atomic E-state index is 3.63. The first kappa shape index (κ1) is 14.9. The van der Waals surface area contributed by atoms with E-state index in [0.717, 1.165) is 30.7 Å². The first-order chi connectivity index (χ1) is 11.3. The largest absolute Gasteiger partial charge is 0.361 e. The van der Waals surface area contributed by atoms with E-state index in [0.29, 0.717) is 0 Å². The third kappa shape index (κ3) is 2.94. The van der Waals surface area contributed by atoms with Crippen LogP contribution >= 0.6 is 15.9 Å². The first-order valence-corrected chi connectivity index (χ1v) is 8.88. The van der Waals surface area contributed by atoms with Crippen molar-refractivity contribution in [2.45, 2.75) is 6.04 Å². The van der Waals surface area contributed by atoms with Crippen molar-refractivity contribution in [3.8, 4) is 0 Å². The summed E-state index contributed by atoms with van der Waals surface area (Å²) < 4.78 is 1.13. The molecule has 1 aliphatic rings. The number of nitrogens with one attached hydrogen (secondary N) is 2. The van der Waals surface area contributed by atoms with Crippen LogP contribution in [0.3, 0.4) is 0 Å². The molecule has 2 N–H and O–H groups in total. The normalized spacial score (nSPS) is 17.4. The van der Waals surface area contributed by atoms with E-state index in [9.17, 15) is 0 Å². The van der Waals surface area contributed by atoms with E-state index in [1.54, 1.807) is 0 Å². The summed E-state index contributed by atoms with van der Waals surface area (Å²) in [5.74, 6) is 0. The second kappa shape index (κ2) is 6.48. The Morgan fingerprint density at radius 1 is 1.00 bits per heavy atom. The van der Waals surface area contributed by atoms with Crippen molar-refractivity contribution < 1.29 is 0 Å². The summed E-state index contributed by atoms with van der Waals surface area (Å²) in [6.07, 6.45) is 2.18. The number of fused-ring (bicyclic) bond motifs is 1. The Morgan fingerprint density at radius 3 is 2.65 bits per heavy atom. The van der Waals surface area contributed by atoms with Crippen molar-refractivity contribution in [1.29, 1.82) is 0 Å². The predicted molar refractivity (Wildman–Crippen MR) is 98.7 cm³/mol. The second-order valence-corrected chi connectivity index (χ2v) is 6.95. The van der Waals surface area contributed by atoms with Gasteiger partial charge in [0.2, 0.25) is 0 Å². The monoisotopic (exact) mass is 369 g/mol. The topological polar surface area (TPSA) is 31.1 Å². The second-order valence-electron chi connectivity index (χ2n) is 6.03. The van der Waals surface area contributed by atoms with Crippen LogP contribution in [0.2, 0.25) is 0 Å². The van der Waals surface area contributed by atoms with Gasteiger partial charge in [-0.15, -0.1) is 0 Å². The van der Waals surface area contributed by atoms with E-state index in [-0.39, 0.29) is 6.04 Å². The molecular weight excluding hydrogens is 350 g/mol. The molecule has 0 radical (unpaired) electrons. The Bertz CT molecular complexity index is 805. The van der Waals surface area contributed by atoms with Crippen LogP contribution in [0.25, 0.3) is 10.9 Å². The minimum atomic E-state index is 0.283. The molecule has 1 saturated heterocycles. The van der Waals surface area contributed by atoms with E-state index in [1.165, 1.54) is 22.0 Å². The fourth-order valence-corrected chi connectivity index (χ4v) is 3.94. The summed E-state index contributed by atoms with van der Waals surface area (Å²) >= 11 is 3.63. The van der Waals surface area contributed by atoms with Crippen LogP contribution in [0.4, 0.5) is 0 Å². The molecule has 0 bridgehead atoms. The summed E-state index contributed by atoms with van der Waals surface area (Å²) in [6, 6.07) is 17.6. The molecule has 23 heavy (non-hydrogen) atoms. The van der Waals surface area contributed by atoms with E-state index < -0.39 is 0 Å². The van der Waals surface area contributed by atoms with Crippen LogP contribution in [0.5, 0.6) is 0 Å². The molecule has 1 unspecified atom stereocenters. The lowest BCUT2D eigenvalue weighted by atomic mass is 9.96. The van der Waals surface area contributed by atoms with E-state index in [1.807, 2.05) is 0 Å². The Kier molecular flexibility index (Phi) is 4.21. The van der Waals surface area contributed by atoms with Gasteiger partial charge in [-0.2, -0.15) is 0 Å². The zero-order valence-electron chi connectivity index (χ0n) is 12.9. The maximum Gasteiger partial charge on any atom is 0.0624 e. The number of hydrogen-bond donors (Lipinski definition) is 2. The van der Waals surface area contributed by atoms with Crippen molar-refractivity contribution in [2.75, 3.05) is 26.2 Å². The van der Waals surface area contributed by atoms with Gasteiger partial charge in [-0.05, 0) is 29.3 Å². The molecule has 1 aliphatic heterocycles. The molecule has 4 heteroatoms. The lowest BCUT2D eigenvalue weighted by Gasteiger charge is -2.35. The highest BCUT2D eigenvalue weighted by Crippen LogP contribution is 2.34. The lowest BCUT2D eigenvalue weighted by Crippen LogP contribution is -2.45. The fraction of sp³-hybridized carbons (Fsp3) is 0.263. The summed E-state index contributed by atoms with van der Waals surface area (Å²) in [5.41, 5.74) is 3.91. The third-order valence-electron chi connectivity index (χ3n) is 4.60. The van der Waals surface area contributed by atoms with Gasteiger partial charge in [0.1, 0.15) is 0 Å². The van der Waals surface area contributed by atoms with Crippen molar-refractivity contribution in [3.05, 3.63) is 70.3 Å². The number of benzene rings is 2. The van der Waals surface area contributed by atoms with Crippen LogP contribution in [-0.4, -0.2) is 36.1 Å². The van der Waals surface area contributed by atoms with Gasteiger partial charge in [0.15, 0.2) is 0 Å². The third-order valence-corrected chi connectivity index (χ3v) is 5.09. The van der Waals surface area contributed by atoms with Gasteiger partial charge in [0.05, 0.1) is 6.04 Å². The lowest BCUT2D eigenvalue weighted by molar-refractivity contribution is 0.199. The summed E-state index contributed by atoms with van der Waals surface area (Å²) in [7, 11) is 0. The van der Waals surface area contributed by atoms with Gasteiger partial charge in [0, 0.05) is 47.8 Å². The number of piperazine rings is 1. The van der Waals surface area contributed by atoms with Crippen LogP contribution < -0.4 is 5.32 Å². The Hall–Kier alpha value is -1.62. The molecule has 2 aromatic carbocycles. The molecule has 3 aromatic rings. The molecule has 0 spiro atoms. The van der Waals surface area contributed by atoms with Crippen LogP contribution in [-0.2, 0) is 0 Å². The molecule has 1 fully saturated rings. The SMILES string of the molecule is Brc1cccc(C(c2c[nH]c3ccccc23)N2CCNCC2)c1. The summed E-state index contributed by atoms with van der Waals surface area (Å²) in [4.78, 5) is 6.02. The Labute approximate surface area is 144 Å². The van der Waals surface area contributed by atoms with Gasteiger partial charge in [-0.3, -0.25) is 4.90 Å². The standard InChI is InChI=1S/C19H20BrN3/c20-15-5-3-4-14(12-15)19(23-10-8-21-9-11-23)17-13-22-18-7-2-1-6-16(17)18/h1-7,12-13,19,21-22H,8-11H2. The zero-order chi connectivity index (χ0) is 15.6. The van der Waals surface area contributed by atoms with Gasteiger partial charge in [-0.1, -0.05) is 46.3 Å². The van der Waals surface area contributed by atoms with E-state index in [2.05, 4.69) is 85.9 Å². The molecule has 0 saturated carbocycles. The Morgan fingerprint density at radius 2 is 1.83 bits per heavy atom. The molecule has 2 heterocycles. The first-order valence-electron chi connectivity index (χ1n) is 8.09. The number of rotatable bonds is 3. The van der Waals surface area contributed by atoms with Crippen LogP contribution in [0.1, 0.15) is 17.2 Å². The van der Waals surface area contributed by atoms with E-state index >= 15 is 0 Å². The number of H-pyrrole nitrogens is 1. The molecule has 3 nitrogen and oxygen atoms in total. The van der Waals surface area contributed by atoms with Gasteiger partial charge < -0.3 is 10.3 Å². The highest BCUT2D eigenvalue weighted by Gasteiger charge is 2.26. The number of hydrogen-bond acceptors (Lipinski definition) is 2. The molecule has 118 valence electrons. The van der Waals surface area contributed by atoms with E-state index in [4.69, 9.17) is 0 Å². The maximum atomic E-state index is 3.63. The smallest absolute Gasteiger partial charge is 0.0624 e. The number of aromatic nitrogens is 1. The average molecular weight is 370 g/mol. The molecule has 4 rings (SSSR count). The summed E-state index contributed by atoms with van der Waals surface area (Å²) in [6.45, 7) is 4.23. The van der Waals surface area contributed by atoms with Gasteiger partial charge in [0.25, 0.3) is 0 Å². The van der Waals surface area contributed by atoms with Crippen LogP contribution in [0.15, 0.2) is 59.2 Å². The van der Waals surface area contributed by atoms with Crippen LogP contribution in [0, 0.1) is 0 Å².